The van der Waals surface area contributed by atoms with Crippen LogP contribution in [-0.2, 0) is 28.0 Å². The lowest BCUT2D eigenvalue weighted by Gasteiger charge is -2.32. The standard InChI is InChI=1S/C32H39BrN2O3/c1-22(2)34-31(37)28(18-24-13-8-7-9-14-24)35(20-25-15-11-10-12-23(25)3)30(36)21-38-29-17-16-26(19-27(29)33)32(4,5)6/h7-17,19,22,28H,18,20-21H2,1-6H3,(H,34,37). The molecule has 5 nitrogen and oxygen atoms in total. The van der Waals surface area contributed by atoms with Gasteiger partial charge in [-0.15, -0.1) is 0 Å². The Morgan fingerprint density at radius 3 is 2.24 bits per heavy atom. The molecule has 0 spiro atoms. The molecule has 2 amide bonds. The highest BCUT2D eigenvalue weighted by Gasteiger charge is 2.31. The lowest BCUT2D eigenvalue weighted by atomic mass is 9.87. The van der Waals surface area contributed by atoms with Crippen LogP contribution in [0.5, 0.6) is 5.75 Å². The van der Waals surface area contributed by atoms with Crippen molar-refractivity contribution in [2.75, 3.05) is 6.61 Å². The van der Waals surface area contributed by atoms with E-state index in [9.17, 15) is 9.59 Å². The van der Waals surface area contributed by atoms with Crippen molar-refractivity contribution in [3.63, 3.8) is 0 Å². The van der Waals surface area contributed by atoms with Crippen molar-refractivity contribution in [2.45, 2.75) is 72.0 Å². The molecule has 0 aliphatic rings. The maximum absolute atomic E-state index is 13.8. The smallest absolute Gasteiger partial charge is 0.261 e. The van der Waals surface area contributed by atoms with Crippen molar-refractivity contribution in [3.8, 4) is 5.75 Å². The summed E-state index contributed by atoms with van der Waals surface area (Å²) in [5.74, 6) is 0.162. The van der Waals surface area contributed by atoms with Gasteiger partial charge < -0.3 is 15.0 Å². The number of carbonyl (C=O) groups excluding carboxylic acids is 2. The minimum atomic E-state index is -0.692. The molecule has 0 saturated carbocycles. The maximum atomic E-state index is 13.8. The van der Waals surface area contributed by atoms with Crippen LogP contribution in [-0.4, -0.2) is 35.4 Å². The summed E-state index contributed by atoms with van der Waals surface area (Å²) in [6.07, 6.45) is 0.404. The van der Waals surface area contributed by atoms with E-state index in [1.54, 1.807) is 4.90 Å². The second kappa shape index (κ2) is 13.1. The monoisotopic (exact) mass is 578 g/mol. The van der Waals surface area contributed by atoms with Gasteiger partial charge >= 0.3 is 0 Å². The zero-order chi connectivity index (χ0) is 27.9. The van der Waals surface area contributed by atoms with E-state index in [-0.39, 0.29) is 29.9 Å². The first kappa shape index (κ1) is 29.4. The van der Waals surface area contributed by atoms with Crippen LogP contribution >= 0.6 is 15.9 Å². The average Bonchev–Trinajstić information content (AvgIpc) is 2.85. The van der Waals surface area contributed by atoms with E-state index < -0.39 is 6.04 Å². The van der Waals surface area contributed by atoms with Crippen LogP contribution in [0.4, 0.5) is 0 Å². The van der Waals surface area contributed by atoms with Crippen molar-refractivity contribution in [2.24, 2.45) is 0 Å². The number of carbonyl (C=O) groups is 2. The normalized spacial score (nSPS) is 12.2. The predicted octanol–water partition coefficient (Wildman–Crippen LogP) is 6.60. The Hall–Kier alpha value is -3.12. The second-order valence-electron chi connectivity index (χ2n) is 11.0. The number of ether oxygens (including phenoxy) is 1. The number of amides is 2. The number of hydrogen-bond donors (Lipinski definition) is 1. The van der Waals surface area contributed by atoms with Crippen LogP contribution in [0.25, 0.3) is 0 Å². The van der Waals surface area contributed by atoms with Gasteiger partial charge in [0.2, 0.25) is 5.91 Å². The molecule has 0 aliphatic carbocycles. The first-order chi connectivity index (χ1) is 18.0. The van der Waals surface area contributed by atoms with Gasteiger partial charge in [-0.2, -0.15) is 0 Å². The maximum Gasteiger partial charge on any atom is 0.261 e. The van der Waals surface area contributed by atoms with E-state index in [1.807, 2.05) is 93.6 Å². The van der Waals surface area contributed by atoms with Gasteiger partial charge in [-0.25, -0.2) is 0 Å². The molecule has 0 heterocycles. The summed E-state index contributed by atoms with van der Waals surface area (Å²) in [5, 5.41) is 3.02. The minimum Gasteiger partial charge on any atom is -0.483 e. The molecule has 202 valence electrons. The summed E-state index contributed by atoms with van der Waals surface area (Å²) in [5.41, 5.74) is 4.20. The molecule has 0 aliphatic heterocycles. The van der Waals surface area contributed by atoms with Crippen LogP contribution in [0, 0.1) is 6.92 Å². The molecule has 1 atom stereocenters. The number of hydrogen-bond acceptors (Lipinski definition) is 3. The van der Waals surface area contributed by atoms with E-state index in [2.05, 4.69) is 42.0 Å². The molecule has 1 N–H and O–H groups in total. The first-order valence-corrected chi connectivity index (χ1v) is 13.9. The lowest BCUT2D eigenvalue weighted by molar-refractivity contribution is -0.143. The lowest BCUT2D eigenvalue weighted by Crippen LogP contribution is -2.52. The fourth-order valence-electron chi connectivity index (χ4n) is 4.21. The molecule has 0 bridgehead atoms. The van der Waals surface area contributed by atoms with Gasteiger partial charge in [0.05, 0.1) is 4.47 Å². The van der Waals surface area contributed by atoms with Crippen molar-refractivity contribution in [1.82, 2.24) is 10.2 Å². The summed E-state index contributed by atoms with van der Waals surface area (Å²) in [7, 11) is 0. The molecule has 0 saturated heterocycles. The molecule has 0 fully saturated rings. The topological polar surface area (TPSA) is 58.6 Å². The quantitative estimate of drug-likeness (QED) is 0.295. The van der Waals surface area contributed by atoms with Gasteiger partial charge in [-0.1, -0.05) is 81.4 Å². The van der Waals surface area contributed by atoms with Crippen LogP contribution in [0.1, 0.15) is 56.9 Å². The molecule has 38 heavy (non-hydrogen) atoms. The Morgan fingerprint density at radius 1 is 0.974 bits per heavy atom. The Bertz CT molecular complexity index is 1230. The highest BCUT2D eigenvalue weighted by Crippen LogP contribution is 2.31. The Labute approximate surface area is 235 Å². The van der Waals surface area contributed by atoms with Gasteiger partial charge in [-0.3, -0.25) is 9.59 Å². The van der Waals surface area contributed by atoms with Gasteiger partial charge in [-0.05, 0) is 76.5 Å². The fourth-order valence-corrected chi connectivity index (χ4v) is 4.71. The summed E-state index contributed by atoms with van der Waals surface area (Å²) in [6.45, 7) is 12.4. The third-order valence-electron chi connectivity index (χ3n) is 6.45. The van der Waals surface area contributed by atoms with E-state index >= 15 is 0 Å². The van der Waals surface area contributed by atoms with Crippen molar-refractivity contribution < 1.29 is 14.3 Å². The summed E-state index contributed by atoms with van der Waals surface area (Å²) >= 11 is 3.60. The second-order valence-corrected chi connectivity index (χ2v) is 11.9. The van der Waals surface area contributed by atoms with Crippen molar-refractivity contribution in [1.29, 1.82) is 0 Å². The molecule has 1 unspecified atom stereocenters. The number of aryl methyl sites for hydroxylation is 1. The van der Waals surface area contributed by atoms with Crippen LogP contribution in [0.3, 0.4) is 0 Å². The number of benzene rings is 3. The highest BCUT2D eigenvalue weighted by atomic mass is 79.9. The van der Waals surface area contributed by atoms with Gasteiger partial charge in [0.15, 0.2) is 6.61 Å². The van der Waals surface area contributed by atoms with E-state index in [1.165, 1.54) is 0 Å². The molecule has 0 radical (unpaired) electrons. The molecule has 0 aromatic heterocycles. The molecule has 3 rings (SSSR count). The third-order valence-corrected chi connectivity index (χ3v) is 7.07. The summed E-state index contributed by atoms with van der Waals surface area (Å²) in [6, 6.07) is 22.9. The number of nitrogens with zero attached hydrogens (tertiary/aromatic N) is 1. The fraction of sp³-hybridized carbons (Fsp3) is 0.375. The van der Waals surface area contributed by atoms with Crippen LogP contribution in [0.2, 0.25) is 0 Å². The van der Waals surface area contributed by atoms with Crippen LogP contribution < -0.4 is 10.1 Å². The molecular formula is C32H39BrN2O3. The molecular weight excluding hydrogens is 540 g/mol. The van der Waals surface area contributed by atoms with E-state index in [0.717, 1.165) is 26.7 Å². The Morgan fingerprint density at radius 2 is 1.63 bits per heavy atom. The molecule has 3 aromatic rings. The van der Waals surface area contributed by atoms with Crippen molar-refractivity contribution >= 4 is 27.7 Å². The van der Waals surface area contributed by atoms with Gasteiger partial charge in [0, 0.05) is 19.0 Å². The number of nitrogens with one attached hydrogen (secondary N) is 1. The van der Waals surface area contributed by atoms with Crippen LogP contribution in [0.15, 0.2) is 77.3 Å². The summed E-state index contributed by atoms with van der Waals surface area (Å²) < 4.78 is 6.80. The number of rotatable bonds is 10. The molecule has 3 aromatic carbocycles. The van der Waals surface area contributed by atoms with E-state index in [0.29, 0.717) is 18.7 Å². The number of halogens is 1. The zero-order valence-corrected chi connectivity index (χ0v) is 24.8. The SMILES string of the molecule is Cc1ccccc1CN(C(=O)COc1ccc(C(C)(C)C)cc1Br)C(Cc1ccccc1)C(=O)NC(C)C. The van der Waals surface area contributed by atoms with Crippen molar-refractivity contribution in [3.05, 3.63) is 99.5 Å². The summed E-state index contributed by atoms with van der Waals surface area (Å²) in [4.78, 5) is 28.9. The predicted molar refractivity (Wildman–Crippen MR) is 157 cm³/mol. The minimum absolute atomic E-state index is 0.00432. The molecule has 6 heteroatoms. The first-order valence-electron chi connectivity index (χ1n) is 13.1. The zero-order valence-electron chi connectivity index (χ0n) is 23.3. The van der Waals surface area contributed by atoms with Gasteiger partial charge in [0.1, 0.15) is 11.8 Å². The third kappa shape index (κ3) is 8.19. The van der Waals surface area contributed by atoms with Gasteiger partial charge in [0.25, 0.3) is 5.91 Å². The average molecular weight is 580 g/mol. The largest absolute Gasteiger partial charge is 0.483 e. The highest BCUT2D eigenvalue weighted by molar-refractivity contribution is 9.10. The van der Waals surface area contributed by atoms with E-state index in [4.69, 9.17) is 4.74 Å². The Balaban J connectivity index is 1.92. The Kier molecular flexibility index (Phi) is 10.1.